The van der Waals surface area contributed by atoms with Crippen molar-refractivity contribution in [3.05, 3.63) is 35.9 Å². The smallest absolute Gasteiger partial charge is 0.295 e. The third-order valence-electron chi connectivity index (χ3n) is 1.82. The van der Waals surface area contributed by atoms with Crippen LogP contribution in [0.5, 0.6) is 0 Å². The lowest BCUT2D eigenvalue weighted by atomic mass is 10.2. The molecule has 5 nitrogen and oxygen atoms in total. The van der Waals surface area contributed by atoms with Crippen LogP contribution in [0.25, 0.3) is 0 Å². The summed E-state index contributed by atoms with van der Waals surface area (Å²) in [4.78, 5) is 16.0. The van der Waals surface area contributed by atoms with Gasteiger partial charge in [0.2, 0.25) is 0 Å². The fraction of sp³-hybridized carbons (Fsp3) is 0.100. The lowest BCUT2D eigenvalue weighted by Gasteiger charge is -1.98. The lowest BCUT2D eigenvalue weighted by Crippen LogP contribution is -2.19. The number of rotatable bonds is 3. The van der Waals surface area contributed by atoms with Crippen molar-refractivity contribution in [2.24, 2.45) is 10.3 Å². The van der Waals surface area contributed by atoms with E-state index in [-0.39, 0.29) is 11.6 Å². The number of oxime groups is 1. The number of carbonyl (C=O) groups excluding carboxylic acids is 1. The zero-order valence-electron chi connectivity index (χ0n) is 7.88. The molecule has 0 aliphatic carbocycles. The Kier molecular flexibility index (Phi) is 2.73. The summed E-state index contributed by atoms with van der Waals surface area (Å²) >= 11 is 0. The molecule has 76 valence electrons. The molecule has 0 saturated heterocycles. The van der Waals surface area contributed by atoms with Crippen molar-refractivity contribution in [1.29, 1.82) is 0 Å². The van der Waals surface area contributed by atoms with Gasteiger partial charge in [0.25, 0.3) is 5.91 Å². The molecule has 15 heavy (non-hydrogen) atoms. The van der Waals surface area contributed by atoms with E-state index in [4.69, 9.17) is 4.84 Å². The second kappa shape index (κ2) is 4.36. The molecule has 1 aliphatic rings. The van der Waals surface area contributed by atoms with Gasteiger partial charge in [-0.1, -0.05) is 35.5 Å². The number of nitrogens with one attached hydrogen (secondary N) is 1. The number of hydrazone groups is 1. The van der Waals surface area contributed by atoms with Crippen LogP contribution in [0.3, 0.4) is 0 Å². The Morgan fingerprint density at radius 3 is 2.80 bits per heavy atom. The molecule has 0 spiro atoms. The quantitative estimate of drug-likeness (QED) is 0.734. The van der Waals surface area contributed by atoms with Crippen LogP contribution in [-0.2, 0) is 16.2 Å². The number of hydrogen-bond acceptors (Lipinski definition) is 4. The van der Waals surface area contributed by atoms with E-state index in [1.165, 1.54) is 6.21 Å². The van der Waals surface area contributed by atoms with Gasteiger partial charge in [-0.2, -0.15) is 5.10 Å². The standard InChI is InChI=1S/C10H9N3O2/c14-10-9(6-11-12-10)13-15-7-8-4-2-1-3-5-8/h1-6H,7H2,(H,12,13,14). The average molecular weight is 203 g/mol. The van der Waals surface area contributed by atoms with E-state index in [9.17, 15) is 4.79 Å². The summed E-state index contributed by atoms with van der Waals surface area (Å²) < 4.78 is 0. The highest BCUT2D eigenvalue weighted by atomic mass is 16.6. The Labute approximate surface area is 86.4 Å². The number of hydrogen-bond donors (Lipinski definition) is 1. The number of nitrogens with zero attached hydrogens (tertiary/aromatic N) is 2. The van der Waals surface area contributed by atoms with Crippen molar-refractivity contribution in [3.8, 4) is 0 Å². The molecule has 0 bridgehead atoms. The normalized spacial score (nSPS) is 16.8. The van der Waals surface area contributed by atoms with Crippen molar-refractivity contribution in [3.63, 3.8) is 0 Å². The molecule has 0 unspecified atom stereocenters. The molecular formula is C10H9N3O2. The maximum Gasteiger partial charge on any atom is 0.295 e. The van der Waals surface area contributed by atoms with Crippen molar-refractivity contribution >= 4 is 17.8 Å². The first-order valence-corrected chi connectivity index (χ1v) is 4.43. The molecule has 0 atom stereocenters. The highest BCUT2D eigenvalue weighted by molar-refractivity contribution is 6.62. The first-order valence-electron chi connectivity index (χ1n) is 4.43. The Morgan fingerprint density at radius 2 is 2.13 bits per heavy atom. The monoisotopic (exact) mass is 203 g/mol. The first-order chi connectivity index (χ1) is 7.36. The summed E-state index contributed by atoms with van der Waals surface area (Å²) in [6, 6.07) is 9.59. The number of amides is 1. The maximum absolute atomic E-state index is 11.0. The summed E-state index contributed by atoms with van der Waals surface area (Å²) in [6.07, 6.45) is 1.33. The van der Waals surface area contributed by atoms with E-state index in [1.54, 1.807) is 0 Å². The predicted molar refractivity (Wildman–Crippen MR) is 55.3 cm³/mol. The van der Waals surface area contributed by atoms with Gasteiger partial charge in [-0.25, -0.2) is 5.43 Å². The van der Waals surface area contributed by atoms with Gasteiger partial charge >= 0.3 is 0 Å². The van der Waals surface area contributed by atoms with E-state index >= 15 is 0 Å². The highest BCUT2D eigenvalue weighted by Crippen LogP contribution is 2.00. The third kappa shape index (κ3) is 2.40. The fourth-order valence-electron chi connectivity index (χ4n) is 1.08. The summed E-state index contributed by atoms with van der Waals surface area (Å²) in [6.45, 7) is 0.339. The molecule has 1 amide bonds. The van der Waals surface area contributed by atoms with E-state index in [0.29, 0.717) is 6.61 Å². The number of carbonyl (C=O) groups is 1. The minimum atomic E-state index is -0.344. The molecule has 5 heteroatoms. The predicted octanol–water partition coefficient (Wildman–Crippen LogP) is 0.675. The van der Waals surface area contributed by atoms with Crippen LogP contribution in [0.4, 0.5) is 0 Å². The van der Waals surface area contributed by atoms with Crippen molar-refractivity contribution in [2.75, 3.05) is 0 Å². The Hall–Kier alpha value is -2.17. The Morgan fingerprint density at radius 1 is 1.33 bits per heavy atom. The average Bonchev–Trinajstić information content (AvgIpc) is 2.66. The van der Waals surface area contributed by atoms with Crippen LogP contribution < -0.4 is 5.43 Å². The van der Waals surface area contributed by atoms with Crippen LogP contribution in [0.1, 0.15) is 5.56 Å². The molecule has 1 heterocycles. The van der Waals surface area contributed by atoms with Gasteiger partial charge in [0, 0.05) is 0 Å². The fourth-order valence-corrected chi connectivity index (χ4v) is 1.08. The molecule has 1 aliphatic heterocycles. The van der Waals surface area contributed by atoms with Crippen LogP contribution >= 0.6 is 0 Å². The molecule has 1 aromatic rings. The largest absolute Gasteiger partial charge is 0.390 e. The Bertz CT molecular complexity index is 412. The summed E-state index contributed by atoms with van der Waals surface area (Å²) in [5.74, 6) is -0.344. The van der Waals surface area contributed by atoms with Crippen molar-refractivity contribution < 1.29 is 9.63 Å². The minimum Gasteiger partial charge on any atom is -0.390 e. The maximum atomic E-state index is 11.0. The molecule has 2 rings (SSSR count). The molecule has 0 fully saturated rings. The molecule has 0 saturated carbocycles. The van der Waals surface area contributed by atoms with Gasteiger partial charge in [0.05, 0.1) is 6.21 Å². The van der Waals surface area contributed by atoms with Crippen LogP contribution in [0, 0.1) is 0 Å². The minimum absolute atomic E-state index is 0.186. The van der Waals surface area contributed by atoms with Gasteiger partial charge < -0.3 is 4.84 Å². The van der Waals surface area contributed by atoms with Gasteiger partial charge in [-0.05, 0) is 5.56 Å². The molecule has 1 aromatic carbocycles. The third-order valence-corrected chi connectivity index (χ3v) is 1.82. The first kappa shape index (κ1) is 9.39. The van der Waals surface area contributed by atoms with Gasteiger partial charge in [0.1, 0.15) is 6.61 Å². The second-order valence-corrected chi connectivity index (χ2v) is 2.93. The summed E-state index contributed by atoms with van der Waals surface area (Å²) in [5.41, 5.74) is 3.42. The van der Waals surface area contributed by atoms with Crippen molar-refractivity contribution in [1.82, 2.24) is 5.43 Å². The molecule has 0 aromatic heterocycles. The van der Waals surface area contributed by atoms with Crippen LogP contribution in [0.2, 0.25) is 0 Å². The number of benzene rings is 1. The van der Waals surface area contributed by atoms with Gasteiger partial charge in [-0.15, -0.1) is 0 Å². The topological polar surface area (TPSA) is 63.0 Å². The molecular weight excluding hydrogens is 194 g/mol. The van der Waals surface area contributed by atoms with Gasteiger partial charge in [-0.3, -0.25) is 4.79 Å². The zero-order valence-corrected chi connectivity index (χ0v) is 7.88. The summed E-state index contributed by atoms with van der Waals surface area (Å²) in [5, 5.41) is 7.19. The van der Waals surface area contributed by atoms with E-state index in [0.717, 1.165) is 5.56 Å². The molecule has 0 radical (unpaired) electrons. The van der Waals surface area contributed by atoms with Crippen LogP contribution in [0.15, 0.2) is 40.6 Å². The zero-order chi connectivity index (χ0) is 10.5. The van der Waals surface area contributed by atoms with Crippen LogP contribution in [-0.4, -0.2) is 17.8 Å². The summed E-state index contributed by atoms with van der Waals surface area (Å²) in [7, 11) is 0. The Balaban J connectivity index is 1.90. The second-order valence-electron chi connectivity index (χ2n) is 2.93. The van der Waals surface area contributed by atoms with E-state index < -0.39 is 0 Å². The highest BCUT2D eigenvalue weighted by Gasteiger charge is 2.14. The lowest BCUT2D eigenvalue weighted by molar-refractivity contribution is -0.114. The van der Waals surface area contributed by atoms with E-state index in [2.05, 4.69) is 15.7 Å². The van der Waals surface area contributed by atoms with Gasteiger partial charge in [0.15, 0.2) is 5.71 Å². The van der Waals surface area contributed by atoms with E-state index in [1.807, 2.05) is 30.3 Å². The molecule has 1 N–H and O–H groups in total. The SMILES string of the molecule is O=C1NN=CC1=NOCc1ccccc1. The van der Waals surface area contributed by atoms with Crippen molar-refractivity contribution in [2.45, 2.75) is 6.61 Å².